The highest BCUT2D eigenvalue weighted by atomic mass is 35.5. The maximum atomic E-state index is 14.2. The van der Waals surface area contributed by atoms with Crippen LogP contribution in [0.1, 0.15) is 47.7 Å². The zero-order valence-electron chi connectivity index (χ0n) is 21.0. The van der Waals surface area contributed by atoms with Gasteiger partial charge in [-0.05, 0) is 83.9 Å². The molecule has 0 saturated carbocycles. The lowest BCUT2D eigenvalue weighted by Crippen LogP contribution is -2.44. The molecule has 0 bridgehead atoms. The normalized spacial score (nSPS) is 14.9. The molecule has 1 aliphatic rings. The Morgan fingerprint density at radius 1 is 1.31 bits per heavy atom. The molecular formula is C25H35ClFN5O3. The maximum absolute atomic E-state index is 14.2. The summed E-state index contributed by atoms with van der Waals surface area (Å²) in [5.41, 5.74) is 9.58. The van der Waals surface area contributed by atoms with Gasteiger partial charge in [0, 0.05) is 34.4 Å². The fraction of sp³-hybridized carbons (Fsp3) is 0.480. The number of aromatic amines is 1. The number of carbonyl (C=O) groups is 1. The zero-order valence-corrected chi connectivity index (χ0v) is 21.7. The van der Waals surface area contributed by atoms with Crippen molar-refractivity contribution in [2.24, 2.45) is 10.7 Å². The molecule has 1 saturated heterocycles. The minimum Gasteiger partial charge on any atom is -0.483 e. The summed E-state index contributed by atoms with van der Waals surface area (Å²) in [7, 11) is 2.15. The van der Waals surface area contributed by atoms with Crippen molar-refractivity contribution in [1.29, 1.82) is 0 Å². The molecule has 1 fully saturated rings. The number of anilines is 1. The lowest BCUT2D eigenvalue weighted by atomic mass is 9.99. The number of halogens is 2. The number of aromatic nitrogens is 1. The van der Waals surface area contributed by atoms with E-state index in [1.165, 1.54) is 6.92 Å². The van der Waals surface area contributed by atoms with Crippen LogP contribution in [0.2, 0.25) is 5.02 Å². The Bertz CT molecular complexity index is 1130. The number of hydrogen-bond acceptors (Lipinski definition) is 5. The van der Waals surface area contributed by atoms with E-state index in [0.29, 0.717) is 16.6 Å². The molecule has 10 heteroatoms. The number of likely N-dealkylation sites (tertiary alicyclic amines) is 1. The molecule has 8 nitrogen and oxygen atoms in total. The Balaban J connectivity index is 0.00000137. The summed E-state index contributed by atoms with van der Waals surface area (Å²) < 4.78 is 14.2. The Morgan fingerprint density at radius 3 is 2.49 bits per heavy atom. The quantitative estimate of drug-likeness (QED) is 0.312. The molecule has 0 aliphatic carbocycles. The number of pyridine rings is 1. The Labute approximate surface area is 210 Å². The molecule has 0 radical (unpaired) electrons. The smallest absolute Gasteiger partial charge is 0.290 e. The highest BCUT2D eigenvalue weighted by Crippen LogP contribution is 2.31. The van der Waals surface area contributed by atoms with Gasteiger partial charge in [-0.25, -0.2) is 4.39 Å². The number of aliphatic imine (C=N–C) groups is 1. The van der Waals surface area contributed by atoms with Crippen LogP contribution in [0.4, 0.5) is 10.1 Å². The first-order valence-corrected chi connectivity index (χ1v) is 11.9. The van der Waals surface area contributed by atoms with Gasteiger partial charge in [0.2, 0.25) is 0 Å². The van der Waals surface area contributed by atoms with Crippen molar-refractivity contribution in [1.82, 2.24) is 9.88 Å². The molecule has 2 aromatic rings. The summed E-state index contributed by atoms with van der Waals surface area (Å²) >= 11 is 6.48. The molecule has 0 amide bonds. The van der Waals surface area contributed by atoms with Crippen LogP contribution < -0.4 is 16.2 Å². The molecule has 1 aromatic heterocycles. The SMILES string of the molecule is CCN(c1cc(Cl)cc(C(N)=NCc2c(C)c(F)c(C)[nH]c2=O)c1C)C1CCN(C)CC1.O=CO. The number of piperidine rings is 1. The van der Waals surface area contributed by atoms with Crippen LogP contribution in [0.15, 0.2) is 21.9 Å². The van der Waals surface area contributed by atoms with Crippen molar-refractivity contribution >= 4 is 29.6 Å². The fourth-order valence-corrected chi connectivity index (χ4v) is 4.70. The second-order valence-electron chi connectivity index (χ2n) is 8.72. The van der Waals surface area contributed by atoms with E-state index in [-0.39, 0.29) is 35.7 Å². The Kier molecular flexibility index (Phi) is 10.3. The van der Waals surface area contributed by atoms with E-state index in [4.69, 9.17) is 27.2 Å². The Hall–Kier alpha value is -2.91. The van der Waals surface area contributed by atoms with Crippen LogP contribution in [0.25, 0.3) is 0 Å². The van der Waals surface area contributed by atoms with E-state index in [0.717, 1.165) is 49.3 Å². The average molecular weight is 508 g/mol. The number of hydrogen-bond donors (Lipinski definition) is 3. The summed E-state index contributed by atoms with van der Waals surface area (Å²) in [5, 5.41) is 7.47. The van der Waals surface area contributed by atoms with Gasteiger partial charge >= 0.3 is 0 Å². The minimum atomic E-state index is -0.425. The van der Waals surface area contributed by atoms with Gasteiger partial charge in [0.15, 0.2) is 0 Å². The predicted octanol–water partition coefficient (Wildman–Crippen LogP) is 3.62. The largest absolute Gasteiger partial charge is 0.483 e. The molecular weight excluding hydrogens is 473 g/mol. The van der Waals surface area contributed by atoms with Crippen LogP contribution in [-0.4, -0.2) is 60.0 Å². The molecule has 35 heavy (non-hydrogen) atoms. The second kappa shape index (κ2) is 12.7. The summed E-state index contributed by atoms with van der Waals surface area (Å²) in [4.78, 5) is 32.4. The molecule has 0 spiro atoms. The minimum absolute atomic E-state index is 0.00205. The summed E-state index contributed by atoms with van der Waals surface area (Å²) in [6.07, 6.45) is 2.19. The number of nitrogens with one attached hydrogen (secondary N) is 1. The number of benzene rings is 1. The van der Waals surface area contributed by atoms with Gasteiger partial charge in [0.1, 0.15) is 11.7 Å². The number of amidine groups is 1. The van der Waals surface area contributed by atoms with Gasteiger partial charge in [0.05, 0.1) is 12.2 Å². The van der Waals surface area contributed by atoms with Crippen LogP contribution in [0.5, 0.6) is 0 Å². The van der Waals surface area contributed by atoms with Crippen LogP contribution in [-0.2, 0) is 11.3 Å². The van der Waals surface area contributed by atoms with E-state index in [1.54, 1.807) is 13.0 Å². The zero-order chi connectivity index (χ0) is 26.3. The molecule has 0 unspecified atom stereocenters. The first-order chi connectivity index (χ1) is 16.5. The number of aryl methyl sites for hydroxylation is 1. The van der Waals surface area contributed by atoms with Gasteiger partial charge in [-0.2, -0.15) is 0 Å². The summed E-state index contributed by atoms with van der Waals surface area (Å²) in [6, 6.07) is 4.23. The standard InChI is InChI=1S/C24H33ClFN5O.CH2O2/c1-6-31(18-7-9-30(5)10-8-18)21-12-17(25)11-19(14(21)2)23(27)28-13-20-15(3)22(26)16(4)29-24(20)32;2-1-3/h11-12,18H,6-10,13H2,1-5H3,(H2,27,28)(H,29,32);1H,(H,2,3). The molecule has 1 aromatic carbocycles. The lowest BCUT2D eigenvalue weighted by Gasteiger charge is -2.39. The third-order valence-corrected chi connectivity index (χ3v) is 6.71. The van der Waals surface area contributed by atoms with Crippen LogP contribution in [0, 0.1) is 26.6 Å². The molecule has 2 heterocycles. The molecule has 1 aliphatic heterocycles. The van der Waals surface area contributed by atoms with Gasteiger partial charge in [-0.1, -0.05) is 11.6 Å². The average Bonchev–Trinajstić information content (AvgIpc) is 2.81. The van der Waals surface area contributed by atoms with Gasteiger partial charge in [-0.3, -0.25) is 14.6 Å². The maximum Gasteiger partial charge on any atom is 0.290 e. The molecule has 3 rings (SSSR count). The lowest BCUT2D eigenvalue weighted by molar-refractivity contribution is -0.122. The molecule has 192 valence electrons. The van der Waals surface area contributed by atoms with Gasteiger partial charge < -0.3 is 25.6 Å². The van der Waals surface area contributed by atoms with E-state index in [9.17, 15) is 9.18 Å². The summed E-state index contributed by atoms with van der Waals surface area (Å²) in [6.45, 7) is 10.0. The Morgan fingerprint density at radius 2 is 1.91 bits per heavy atom. The van der Waals surface area contributed by atoms with E-state index in [1.807, 2.05) is 13.0 Å². The number of rotatable bonds is 6. The predicted molar refractivity (Wildman–Crippen MR) is 139 cm³/mol. The highest BCUT2D eigenvalue weighted by molar-refractivity contribution is 6.31. The first-order valence-electron chi connectivity index (χ1n) is 11.6. The highest BCUT2D eigenvalue weighted by Gasteiger charge is 2.25. The van der Waals surface area contributed by atoms with Crippen LogP contribution in [0.3, 0.4) is 0 Å². The van der Waals surface area contributed by atoms with Gasteiger partial charge in [0.25, 0.3) is 12.0 Å². The third-order valence-electron chi connectivity index (χ3n) is 6.49. The number of carboxylic acid groups (broad SMARTS) is 1. The second-order valence-corrected chi connectivity index (χ2v) is 9.16. The fourth-order valence-electron chi connectivity index (χ4n) is 4.49. The van der Waals surface area contributed by atoms with Crippen molar-refractivity contribution in [3.05, 3.63) is 61.3 Å². The topological polar surface area (TPSA) is 115 Å². The van der Waals surface area contributed by atoms with Crippen LogP contribution >= 0.6 is 11.6 Å². The number of nitrogens with two attached hydrogens (primary N) is 1. The van der Waals surface area contributed by atoms with Crippen molar-refractivity contribution in [3.8, 4) is 0 Å². The number of nitrogens with zero attached hydrogens (tertiary/aromatic N) is 3. The van der Waals surface area contributed by atoms with E-state index < -0.39 is 5.82 Å². The third kappa shape index (κ3) is 6.82. The van der Waals surface area contributed by atoms with E-state index >= 15 is 0 Å². The van der Waals surface area contributed by atoms with Gasteiger partial charge in [-0.15, -0.1) is 0 Å². The molecule has 0 atom stereocenters. The first kappa shape index (κ1) is 28.3. The monoisotopic (exact) mass is 507 g/mol. The van der Waals surface area contributed by atoms with Crippen molar-refractivity contribution < 1.29 is 14.3 Å². The van der Waals surface area contributed by atoms with E-state index in [2.05, 4.69) is 33.7 Å². The van der Waals surface area contributed by atoms with Crippen molar-refractivity contribution in [2.75, 3.05) is 31.6 Å². The van der Waals surface area contributed by atoms with Crippen molar-refractivity contribution in [3.63, 3.8) is 0 Å². The number of H-pyrrole nitrogens is 1. The molecule has 4 N–H and O–H groups in total. The van der Waals surface area contributed by atoms with Crippen molar-refractivity contribution in [2.45, 2.75) is 53.1 Å². The summed E-state index contributed by atoms with van der Waals surface area (Å²) in [5.74, 6) is -0.142.